The van der Waals surface area contributed by atoms with Crippen molar-refractivity contribution in [3.63, 3.8) is 0 Å². The lowest BCUT2D eigenvalue weighted by atomic mass is 9.96. The zero-order valence-electron chi connectivity index (χ0n) is 19.0. The van der Waals surface area contributed by atoms with Crippen LogP contribution in [0.4, 0.5) is 5.69 Å². The Morgan fingerprint density at radius 1 is 1.23 bits per heavy atom. The highest BCUT2D eigenvalue weighted by Crippen LogP contribution is 2.17. The molecule has 168 valence electrons. The number of nitrogens with zero attached hydrogens (tertiary/aromatic N) is 3. The average molecular weight is 417 g/mol. The molecule has 7 nitrogen and oxygen atoms in total. The molecule has 0 atom stereocenters. The molecule has 0 aromatic heterocycles. The lowest BCUT2D eigenvalue weighted by Crippen LogP contribution is -2.42. The second-order valence-corrected chi connectivity index (χ2v) is 8.07. The van der Waals surface area contributed by atoms with E-state index in [-0.39, 0.29) is 11.8 Å². The third kappa shape index (κ3) is 8.22. The first-order valence-corrected chi connectivity index (χ1v) is 11.3. The number of primary amides is 1. The zero-order valence-corrected chi connectivity index (χ0v) is 19.0. The van der Waals surface area contributed by atoms with Gasteiger partial charge in [0.25, 0.3) is 0 Å². The maximum absolute atomic E-state index is 11.2. The number of hydrogen-bond acceptors (Lipinski definition) is 4. The van der Waals surface area contributed by atoms with Crippen molar-refractivity contribution in [1.29, 1.82) is 0 Å². The van der Waals surface area contributed by atoms with Crippen LogP contribution in [-0.4, -0.2) is 69.6 Å². The normalized spacial score (nSPS) is 15.8. The van der Waals surface area contributed by atoms with Crippen molar-refractivity contribution in [1.82, 2.24) is 15.5 Å². The van der Waals surface area contributed by atoms with Crippen LogP contribution in [0.25, 0.3) is 0 Å². The van der Waals surface area contributed by atoms with Crippen LogP contribution in [0.5, 0.6) is 0 Å². The van der Waals surface area contributed by atoms with Crippen LogP contribution >= 0.6 is 0 Å². The Morgan fingerprint density at radius 2 is 1.97 bits per heavy atom. The van der Waals surface area contributed by atoms with Gasteiger partial charge in [0.05, 0.1) is 0 Å². The number of hydrogen-bond donors (Lipinski definition) is 3. The van der Waals surface area contributed by atoms with E-state index in [0.29, 0.717) is 0 Å². The second kappa shape index (κ2) is 13.1. The molecule has 1 saturated heterocycles. The minimum atomic E-state index is -0.140. The number of likely N-dealkylation sites (tertiary alicyclic amines) is 1. The van der Waals surface area contributed by atoms with Gasteiger partial charge in [-0.3, -0.25) is 9.79 Å². The molecule has 4 N–H and O–H groups in total. The van der Waals surface area contributed by atoms with E-state index in [2.05, 4.69) is 63.5 Å². The lowest BCUT2D eigenvalue weighted by molar-refractivity contribution is -0.123. The number of carbonyl (C=O) groups is 1. The summed E-state index contributed by atoms with van der Waals surface area (Å²) in [6, 6.07) is 8.64. The maximum atomic E-state index is 11.2. The molecule has 0 saturated carbocycles. The van der Waals surface area contributed by atoms with Crippen molar-refractivity contribution in [2.75, 3.05) is 57.8 Å². The van der Waals surface area contributed by atoms with Crippen LogP contribution in [0.3, 0.4) is 0 Å². The van der Waals surface area contributed by atoms with E-state index in [1.54, 1.807) is 0 Å². The number of carbonyl (C=O) groups excluding carboxylic acids is 1. The van der Waals surface area contributed by atoms with Crippen molar-refractivity contribution in [3.05, 3.63) is 29.8 Å². The quantitative estimate of drug-likeness (QED) is 0.292. The van der Waals surface area contributed by atoms with Gasteiger partial charge in [-0.1, -0.05) is 12.1 Å². The van der Waals surface area contributed by atoms with Crippen molar-refractivity contribution >= 4 is 17.6 Å². The summed E-state index contributed by atoms with van der Waals surface area (Å²) in [5.74, 6) is 0.795. The van der Waals surface area contributed by atoms with Gasteiger partial charge < -0.3 is 26.2 Å². The molecule has 1 amide bonds. The summed E-state index contributed by atoms with van der Waals surface area (Å²) in [6.45, 7) is 11.0. The number of aliphatic imine (C=N–C) groups is 1. The number of unbranched alkanes of at least 4 members (excludes halogenated alkanes) is 1. The van der Waals surface area contributed by atoms with Gasteiger partial charge in [0.15, 0.2) is 5.96 Å². The Hall–Kier alpha value is -2.28. The highest BCUT2D eigenvalue weighted by atomic mass is 16.1. The molecule has 1 heterocycles. The van der Waals surface area contributed by atoms with Gasteiger partial charge in [-0.05, 0) is 76.9 Å². The number of rotatable bonds is 11. The number of benzene rings is 1. The molecule has 1 aliphatic heterocycles. The molecule has 1 aromatic carbocycles. The van der Waals surface area contributed by atoms with Crippen molar-refractivity contribution < 1.29 is 4.79 Å². The molecule has 30 heavy (non-hydrogen) atoms. The predicted octanol–water partition coefficient (Wildman–Crippen LogP) is 1.96. The Balaban J connectivity index is 1.58. The maximum Gasteiger partial charge on any atom is 0.220 e. The van der Waals surface area contributed by atoms with E-state index >= 15 is 0 Å². The molecular formula is C23H40N6O. The number of likely N-dealkylation sites (N-methyl/N-ethyl adjacent to an activating group) is 1. The van der Waals surface area contributed by atoms with E-state index in [0.717, 1.165) is 77.5 Å². The molecule has 0 radical (unpaired) electrons. The fraction of sp³-hybridized carbons (Fsp3) is 0.652. The van der Waals surface area contributed by atoms with Crippen molar-refractivity contribution in [3.8, 4) is 0 Å². The third-order valence-corrected chi connectivity index (χ3v) is 5.83. The summed E-state index contributed by atoms with van der Waals surface area (Å²) in [5.41, 5.74) is 7.95. The fourth-order valence-electron chi connectivity index (χ4n) is 3.93. The molecular weight excluding hydrogens is 376 g/mol. The molecule has 1 aliphatic rings. The molecule has 0 aliphatic carbocycles. The van der Waals surface area contributed by atoms with Crippen molar-refractivity contribution in [2.24, 2.45) is 16.6 Å². The summed E-state index contributed by atoms with van der Waals surface area (Å²) in [6.07, 6.45) is 4.05. The van der Waals surface area contributed by atoms with Crippen molar-refractivity contribution in [2.45, 2.75) is 39.5 Å². The summed E-state index contributed by atoms with van der Waals surface area (Å²) < 4.78 is 0. The SMILES string of the molecule is CCN(CCNC(=NC)NCCCCN1CCC(C(N)=O)CC1)c1cccc(C)c1. The summed E-state index contributed by atoms with van der Waals surface area (Å²) in [4.78, 5) is 20.4. The smallest absolute Gasteiger partial charge is 0.220 e. The topological polar surface area (TPSA) is 86.0 Å². The van der Waals surface area contributed by atoms with E-state index in [4.69, 9.17) is 5.73 Å². The molecule has 1 fully saturated rings. The summed E-state index contributed by atoms with van der Waals surface area (Å²) in [7, 11) is 1.82. The summed E-state index contributed by atoms with van der Waals surface area (Å²) in [5, 5.41) is 6.83. The van der Waals surface area contributed by atoms with E-state index in [1.807, 2.05) is 7.05 Å². The Morgan fingerprint density at radius 3 is 2.60 bits per heavy atom. The fourth-order valence-corrected chi connectivity index (χ4v) is 3.93. The van der Waals surface area contributed by atoms with Crippen LogP contribution in [0, 0.1) is 12.8 Å². The van der Waals surface area contributed by atoms with Gasteiger partial charge >= 0.3 is 0 Å². The van der Waals surface area contributed by atoms with Crippen LogP contribution < -0.4 is 21.3 Å². The molecule has 7 heteroatoms. The minimum Gasteiger partial charge on any atom is -0.370 e. The number of nitrogens with one attached hydrogen (secondary N) is 2. The van der Waals surface area contributed by atoms with E-state index < -0.39 is 0 Å². The van der Waals surface area contributed by atoms with Crippen LogP contribution in [0.2, 0.25) is 0 Å². The minimum absolute atomic E-state index is 0.0758. The van der Waals surface area contributed by atoms with Crippen LogP contribution in [0.1, 0.15) is 38.2 Å². The average Bonchev–Trinajstić information content (AvgIpc) is 2.75. The van der Waals surface area contributed by atoms with Gasteiger partial charge in [0.2, 0.25) is 5.91 Å². The van der Waals surface area contributed by atoms with Crippen LogP contribution in [-0.2, 0) is 4.79 Å². The number of nitrogens with two attached hydrogens (primary N) is 1. The van der Waals surface area contributed by atoms with Gasteiger partial charge in [-0.25, -0.2) is 0 Å². The molecule has 0 bridgehead atoms. The number of anilines is 1. The molecule has 2 rings (SSSR count). The predicted molar refractivity (Wildman–Crippen MR) is 126 cm³/mol. The molecule has 0 unspecified atom stereocenters. The Labute approximate surface area is 182 Å². The number of guanidine groups is 1. The zero-order chi connectivity index (χ0) is 21.8. The van der Waals surface area contributed by atoms with Gasteiger partial charge in [-0.15, -0.1) is 0 Å². The third-order valence-electron chi connectivity index (χ3n) is 5.83. The van der Waals surface area contributed by atoms with Crippen LogP contribution in [0.15, 0.2) is 29.3 Å². The lowest BCUT2D eigenvalue weighted by Gasteiger charge is -2.30. The number of aryl methyl sites for hydroxylation is 1. The van der Waals surface area contributed by atoms with Gasteiger partial charge in [0, 0.05) is 44.8 Å². The second-order valence-electron chi connectivity index (χ2n) is 8.07. The first kappa shape index (κ1) is 24.0. The Kier molecular flexibility index (Phi) is 10.5. The number of piperidine rings is 1. The standard InChI is InChI=1S/C23H40N6O/c1-4-29(21-9-7-8-19(2)18-21)17-13-27-23(25-3)26-12-5-6-14-28-15-10-20(11-16-28)22(24)30/h7-9,18,20H,4-6,10-17H2,1-3H3,(H2,24,30)(H2,25,26,27). The van der Waals surface area contributed by atoms with Gasteiger partial charge in [0.1, 0.15) is 0 Å². The Bertz CT molecular complexity index is 669. The van der Waals surface area contributed by atoms with E-state index in [1.165, 1.54) is 11.3 Å². The first-order chi connectivity index (χ1) is 14.5. The largest absolute Gasteiger partial charge is 0.370 e. The first-order valence-electron chi connectivity index (χ1n) is 11.3. The highest BCUT2D eigenvalue weighted by molar-refractivity contribution is 5.79. The van der Waals surface area contributed by atoms with E-state index in [9.17, 15) is 4.79 Å². The summed E-state index contributed by atoms with van der Waals surface area (Å²) >= 11 is 0. The number of amides is 1. The monoisotopic (exact) mass is 416 g/mol. The highest BCUT2D eigenvalue weighted by Gasteiger charge is 2.22. The molecule has 1 aromatic rings. The van der Waals surface area contributed by atoms with Gasteiger partial charge in [-0.2, -0.15) is 0 Å². The molecule has 0 spiro atoms.